The van der Waals surface area contributed by atoms with Crippen molar-refractivity contribution < 1.29 is 9.53 Å². The minimum atomic E-state index is -0.146. The van der Waals surface area contributed by atoms with Crippen LogP contribution in [0.1, 0.15) is 57.5 Å². The minimum Gasteiger partial charge on any atom is -0.481 e. The Hall–Kier alpha value is -3.26. The van der Waals surface area contributed by atoms with E-state index in [0.717, 1.165) is 61.0 Å². The Balaban J connectivity index is 1.41. The Labute approximate surface area is 195 Å². The number of nitrogens with one attached hydrogen (secondary N) is 1. The van der Waals surface area contributed by atoms with Crippen LogP contribution in [0, 0.1) is 13.8 Å². The van der Waals surface area contributed by atoms with Crippen molar-refractivity contribution in [3.05, 3.63) is 70.4 Å². The van der Waals surface area contributed by atoms with Crippen LogP contribution < -0.4 is 10.1 Å². The van der Waals surface area contributed by atoms with Crippen LogP contribution in [-0.2, 0) is 20.1 Å². The Kier molecular flexibility index (Phi) is 7.03. The lowest BCUT2D eigenvalue weighted by Gasteiger charge is -2.32. The van der Waals surface area contributed by atoms with Crippen LogP contribution in [0.15, 0.2) is 36.5 Å². The average molecular weight is 449 g/mol. The summed E-state index contributed by atoms with van der Waals surface area (Å²) in [6.07, 6.45) is 3.79. The molecule has 2 aromatic heterocycles. The molecule has 1 atom stereocenters. The van der Waals surface area contributed by atoms with E-state index in [4.69, 9.17) is 9.72 Å². The van der Waals surface area contributed by atoms with Crippen molar-refractivity contribution in [2.45, 2.75) is 45.7 Å². The summed E-state index contributed by atoms with van der Waals surface area (Å²) < 4.78 is 7.35. The molecule has 4 rings (SSSR count). The highest BCUT2D eigenvalue weighted by Crippen LogP contribution is 2.29. The summed E-state index contributed by atoms with van der Waals surface area (Å²) in [6.45, 7) is 7.07. The number of hydrogen-bond acceptors (Lipinski definition) is 6. The third kappa shape index (κ3) is 5.22. The number of rotatable bonds is 7. The first-order valence-electron chi connectivity index (χ1n) is 11.4. The summed E-state index contributed by atoms with van der Waals surface area (Å²) in [5, 5.41) is 7.46. The molecule has 0 spiro atoms. The van der Waals surface area contributed by atoms with Crippen LogP contribution in [-0.4, -0.2) is 50.8 Å². The van der Waals surface area contributed by atoms with Gasteiger partial charge in [0.2, 0.25) is 5.88 Å². The van der Waals surface area contributed by atoms with Crippen LogP contribution in [0.3, 0.4) is 0 Å². The van der Waals surface area contributed by atoms with E-state index in [-0.39, 0.29) is 11.8 Å². The average Bonchev–Trinajstić information content (AvgIpc) is 3.10. The van der Waals surface area contributed by atoms with Gasteiger partial charge in [-0.15, -0.1) is 0 Å². The first-order valence-corrected chi connectivity index (χ1v) is 11.4. The fourth-order valence-electron chi connectivity index (χ4n) is 4.53. The lowest BCUT2D eigenvalue weighted by molar-refractivity contribution is 0.0949. The maximum absolute atomic E-state index is 12.7. The van der Waals surface area contributed by atoms with Gasteiger partial charge in [-0.3, -0.25) is 9.69 Å². The molecule has 0 unspecified atom stereocenters. The molecular weight excluding hydrogens is 416 g/mol. The Morgan fingerprint density at radius 2 is 2.00 bits per heavy atom. The summed E-state index contributed by atoms with van der Waals surface area (Å²) in [6, 6.07) is 9.87. The van der Waals surface area contributed by atoms with Gasteiger partial charge >= 0.3 is 0 Å². The van der Waals surface area contributed by atoms with Crippen LogP contribution in [0.25, 0.3) is 0 Å². The molecule has 0 bridgehead atoms. The maximum atomic E-state index is 12.7. The number of aryl methyl sites for hydroxylation is 3. The molecule has 0 saturated carbocycles. The molecule has 3 aromatic rings. The summed E-state index contributed by atoms with van der Waals surface area (Å²) in [4.78, 5) is 24.4. The highest BCUT2D eigenvalue weighted by atomic mass is 16.5. The van der Waals surface area contributed by atoms with Gasteiger partial charge in [0.05, 0.1) is 29.6 Å². The van der Waals surface area contributed by atoms with Crippen LogP contribution >= 0.6 is 0 Å². The highest BCUT2D eigenvalue weighted by Gasteiger charge is 2.26. The Morgan fingerprint density at radius 3 is 2.73 bits per heavy atom. The molecule has 1 amide bonds. The first kappa shape index (κ1) is 22.9. The number of benzene rings is 1. The van der Waals surface area contributed by atoms with Gasteiger partial charge in [0.25, 0.3) is 5.91 Å². The number of amides is 1. The van der Waals surface area contributed by atoms with Crippen LogP contribution in [0.4, 0.5) is 0 Å². The molecular formula is C25H32N6O2. The van der Waals surface area contributed by atoms with Gasteiger partial charge in [-0.25, -0.2) is 14.6 Å². The number of carbonyl (C=O) groups excluding carboxylic acids is 1. The third-order valence-corrected chi connectivity index (χ3v) is 6.27. The number of likely N-dealkylation sites (tertiary alicyclic amines) is 1. The third-order valence-electron chi connectivity index (χ3n) is 6.27. The largest absolute Gasteiger partial charge is 0.481 e. The predicted octanol–water partition coefficient (Wildman–Crippen LogP) is 3.15. The molecule has 1 aliphatic heterocycles. The lowest BCUT2D eigenvalue weighted by Crippen LogP contribution is -2.35. The second kappa shape index (κ2) is 10.1. The predicted molar refractivity (Wildman–Crippen MR) is 126 cm³/mol. The summed E-state index contributed by atoms with van der Waals surface area (Å²) in [7, 11) is 3.59. The smallest absolute Gasteiger partial charge is 0.254 e. The fraction of sp³-hybridized carbons (Fsp3) is 0.440. The van der Waals surface area contributed by atoms with E-state index in [9.17, 15) is 4.79 Å². The molecule has 33 heavy (non-hydrogen) atoms. The number of nitrogens with zero attached hydrogens (tertiary/aromatic N) is 5. The Morgan fingerprint density at radius 1 is 1.21 bits per heavy atom. The molecule has 8 nitrogen and oxygen atoms in total. The van der Waals surface area contributed by atoms with Crippen LogP contribution in [0.2, 0.25) is 0 Å². The van der Waals surface area contributed by atoms with E-state index in [1.807, 2.05) is 51.2 Å². The summed E-state index contributed by atoms with van der Waals surface area (Å²) >= 11 is 0. The number of carbonyl (C=O) groups is 1. The van der Waals surface area contributed by atoms with Gasteiger partial charge < -0.3 is 10.1 Å². The van der Waals surface area contributed by atoms with Crippen LogP contribution in [0.5, 0.6) is 5.88 Å². The van der Waals surface area contributed by atoms with Gasteiger partial charge in [0.1, 0.15) is 5.82 Å². The topological polar surface area (TPSA) is 85.2 Å². The molecule has 8 heteroatoms. The van der Waals surface area contributed by atoms with Crippen molar-refractivity contribution in [3.8, 4) is 5.88 Å². The molecule has 1 fully saturated rings. The molecule has 1 aromatic carbocycles. The second-order valence-corrected chi connectivity index (χ2v) is 8.67. The van der Waals surface area contributed by atoms with E-state index in [2.05, 4.69) is 20.3 Å². The van der Waals surface area contributed by atoms with E-state index in [0.29, 0.717) is 17.8 Å². The normalized spacial score (nSPS) is 16.5. The lowest BCUT2D eigenvalue weighted by atomic mass is 9.96. The van der Waals surface area contributed by atoms with Gasteiger partial charge in [-0.1, -0.05) is 30.3 Å². The van der Waals surface area contributed by atoms with Crippen molar-refractivity contribution in [1.29, 1.82) is 0 Å². The monoisotopic (exact) mass is 448 g/mol. The first-order chi connectivity index (χ1) is 16.0. The highest BCUT2D eigenvalue weighted by molar-refractivity contribution is 5.94. The van der Waals surface area contributed by atoms with Gasteiger partial charge in [0.15, 0.2) is 0 Å². The fourth-order valence-corrected chi connectivity index (χ4v) is 4.53. The summed E-state index contributed by atoms with van der Waals surface area (Å²) in [5.41, 5.74) is 4.42. The number of aromatic nitrogens is 4. The maximum Gasteiger partial charge on any atom is 0.254 e. The van der Waals surface area contributed by atoms with Crippen molar-refractivity contribution in [2.75, 3.05) is 20.2 Å². The zero-order chi connectivity index (χ0) is 23.4. The minimum absolute atomic E-state index is 0.146. The molecule has 3 heterocycles. The van der Waals surface area contributed by atoms with Crippen molar-refractivity contribution >= 4 is 5.91 Å². The number of hydrogen-bond donors (Lipinski definition) is 1. The van der Waals surface area contributed by atoms with E-state index >= 15 is 0 Å². The SMILES string of the molecule is COc1c(CN2CCC[C@@H](c3ncc(C(=O)NCc4ccccc4)c(C)n3)C2)c(C)nn1C. The molecule has 1 aliphatic rings. The number of piperidine rings is 1. The number of methoxy groups -OCH3 is 1. The van der Waals surface area contributed by atoms with Gasteiger partial charge in [-0.05, 0) is 38.8 Å². The van der Waals surface area contributed by atoms with Crippen molar-refractivity contribution in [3.63, 3.8) is 0 Å². The molecule has 1 saturated heterocycles. The quantitative estimate of drug-likeness (QED) is 0.598. The van der Waals surface area contributed by atoms with Gasteiger partial charge in [0, 0.05) is 38.8 Å². The van der Waals surface area contributed by atoms with Gasteiger partial charge in [-0.2, -0.15) is 5.10 Å². The Bertz CT molecular complexity index is 1110. The molecule has 0 radical (unpaired) electrons. The summed E-state index contributed by atoms with van der Waals surface area (Å²) in [5.74, 6) is 1.72. The zero-order valence-electron chi connectivity index (χ0n) is 19.8. The number of ether oxygens (including phenoxy) is 1. The van der Waals surface area contributed by atoms with E-state index in [1.165, 1.54) is 0 Å². The van der Waals surface area contributed by atoms with Crippen molar-refractivity contribution in [1.82, 2.24) is 30.0 Å². The van der Waals surface area contributed by atoms with E-state index < -0.39 is 0 Å². The zero-order valence-corrected chi connectivity index (χ0v) is 19.8. The van der Waals surface area contributed by atoms with Crippen molar-refractivity contribution in [2.24, 2.45) is 7.05 Å². The molecule has 1 N–H and O–H groups in total. The standard InChI is InChI=1S/C25H32N6O2/c1-17-21(24(32)27-13-19-9-6-5-7-10-19)14-26-23(28-17)20-11-8-12-31(15-20)16-22-18(2)29-30(3)25(22)33-4/h5-7,9-10,14,20H,8,11-13,15-16H2,1-4H3,(H,27,32)/t20-/m1/s1. The van der Waals surface area contributed by atoms with E-state index in [1.54, 1.807) is 18.0 Å². The molecule has 0 aliphatic carbocycles. The second-order valence-electron chi connectivity index (χ2n) is 8.67. The molecule has 174 valence electrons.